The van der Waals surface area contributed by atoms with Crippen LogP contribution in [0.25, 0.3) is 0 Å². The highest BCUT2D eigenvalue weighted by Crippen LogP contribution is 2.01. The average Bonchev–Trinajstić information content (AvgIpc) is 2.94. The van der Waals surface area contributed by atoms with Crippen molar-refractivity contribution in [1.29, 1.82) is 0 Å². The van der Waals surface area contributed by atoms with Gasteiger partial charge in [-0.1, -0.05) is 6.92 Å². The van der Waals surface area contributed by atoms with E-state index in [1.165, 1.54) is 0 Å². The van der Waals surface area contributed by atoms with Crippen molar-refractivity contribution in [2.75, 3.05) is 19.7 Å². The lowest BCUT2D eigenvalue weighted by Crippen LogP contribution is -2.37. The standard InChI is InChI=1S/C14H22N2O4/c1-2-5-13(17)16-10-14(18)15-7-4-8-19-11-12-6-3-9-20-12/h3,6,9H,2,4-5,7-8,10-11H2,1H3,(H,15,18)(H,16,17). The van der Waals surface area contributed by atoms with Crippen LogP contribution >= 0.6 is 0 Å². The van der Waals surface area contributed by atoms with Crippen LogP contribution in [0.2, 0.25) is 0 Å². The minimum atomic E-state index is -0.180. The van der Waals surface area contributed by atoms with Crippen molar-refractivity contribution in [3.63, 3.8) is 0 Å². The molecule has 6 nitrogen and oxygen atoms in total. The van der Waals surface area contributed by atoms with Gasteiger partial charge in [-0.25, -0.2) is 0 Å². The van der Waals surface area contributed by atoms with Gasteiger partial charge in [-0.05, 0) is 25.0 Å². The van der Waals surface area contributed by atoms with Crippen molar-refractivity contribution in [2.24, 2.45) is 0 Å². The highest BCUT2D eigenvalue weighted by molar-refractivity contribution is 5.84. The number of carbonyl (C=O) groups excluding carboxylic acids is 2. The smallest absolute Gasteiger partial charge is 0.239 e. The van der Waals surface area contributed by atoms with Gasteiger partial charge in [-0.3, -0.25) is 9.59 Å². The molecule has 0 aliphatic heterocycles. The van der Waals surface area contributed by atoms with Crippen LogP contribution in [0.5, 0.6) is 0 Å². The summed E-state index contributed by atoms with van der Waals surface area (Å²) in [7, 11) is 0. The van der Waals surface area contributed by atoms with Gasteiger partial charge in [0.1, 0.15) is 12.4 Å². The van der Waals surface area contributed by atoms with Crippen LogP contribution in [0, 0.1) is 0 Å². The minimum absolute atomic E-state index is 0.0338. The fourth-order valence-corrected chi connectivity index (χ4v) is 1.53. The van der Waals surface area contributed by atoms with Crippen molar-refractivity contribution in [3.8, 4) is 0 Å². The van der Waals surface area contributed by atoms with Crippen LogP contribution in [0.1, 0.15) is 31.9 Å². The van der Waals surface area contributed by atoms with Gasteiger partial charge in [-0.2, -0.15) is 0 Å². The Morgan fingerprint density at radius 3 is 2.85 bits per heavy atom. The number of hydrogen-bond donors (Lipinski definition) is 2. The Hall–Kier alpha value is -1.82. The van der Waals surface area contributed by atoms with Gasteiger partial charge in [0.15, 0.2) is 0 Å². The van der Waals surface area contributed by atoms with E-state index in [0.717, 1.165) is 18.6 Å². The molecule has 2 N–H and O–H groups in total. The molecular weight excluding hydrogens is 260 g/mol. The largest absolute Gasteiger partial charge is 0.467 e. The number of ether oxygens (including phenoxy) is 1. The van der Waals surface area contributed by atoms with Gasteiger partial charge < -0.3 is 19.8 Å². The second kappa shape index (κ2) is 10.0. The van der Waals surface area contributed by atoms with Crippen molar-refractivity contribution in [3.05, 3.63) is 24.2 Å². The Balaban J connectivity index is 1.92. The summed E-state index contributed by atoms with van der Waals surface area (Å²) in [4.78, 5) is 22.5. The summed E-state index contributed by atoms with van der Waals surface area (Å²) < 4.78 is 10.5. The molecule has 1 aromatic rings. The van der Waals surface area contributed by atoms with Crippen LogP contribution in [-0.2, 0) is 20.9 Å². The maximum atomic E-state index is 11.4. The fraction of sp³-hybridized carbons (Fsp3) is 0.571. The van der Waals surface area contributed by atoms with E-state index in [4.69, 9.17) is 9.15 Å². The lowest BCUT2D eigenvalue weighted by molar-refractivity contribution is -0.126. The second-order valence-electron chi connectivity index (χ2n) is 4.36. The van der Waals surface area contributed by atoms with E-state index in [9.17, 15) is 9.59 Å². The molecular formula is C14H22N2O4. The van der Waals surface area contributed by atoms with Crippen molar-refractivity contribution in [2.45, 2.75) is 32.8 Å². The summed E-state index contributed by atoms with van der Waals surface area (Å²) in [6, 6.07) is 3.66. The normalized spacial score (nSPS) is 10.2. The van der Waals surface area contributed by atoms with Gasteiger partial charge in [0.05, 0.1) is 12.8 Å². The number of hydrogen-bond acceptors (Lipinski definition) is 4. The van der Waals surface area contributed by atoms with Gasteiger partial charge in [0, 0.05) is 19.6 Å². The highest BCUT2D eigenvalue weighted by atomic mass is 16.5. The molecule has 20 heavy (non-hydrogen) atoms. The predicted molar refractivity (Wildman–Crippen MR) is 73.9 cm³/mol. The maximum Gasteiger partial charge on any atom is 0.239 e. The minimum Gasteiger partial charge on any atom is -0.467 e. The van der Waals surface area contributed by atoms with Crippen LogP contribution < -0.4 is 10.6 Å². The molecule has 1 aromatic heterocycles. The first-order chi connectivity index (χ1) is 9.72. The average molecular weight is 282 g/mol. The first-order valence-corrected chi connectivity index (χ1v) is 6.86. The third kappa shape index (κ3) is 7.58. The Morgan fingerprint density at radius 1 is 1.30 bits per heavy atom. The van der Waals surface area contributed by atoms with Crippen molar-refractivity contribution >= 4 is 11.8 Å². The first kappa shape index (κ1) is 16.2. The van der Waals surface area contributed by atoms with E-state index >= 15 is 0 Å². The Labute approximate surface area is 118 Å². The molecule has 1 heterocycles. The molecule has 0 radical (unpaired) electrons. The monoisotopic (exact) mass is 282 g/mol. The molecule has 0 spiro atoms. The van der Waals surface area contributed by atoms with Crippen LogP contribution in [0.4, 0.5) is 0 Å². The maximum absolute atomic E-state index is 11.4. The van der Waals surface area contributed by atoms with E-state index in [-0.39, 0.29) is 18.4 Å². The number of nitrogens with one attached hydrogen (secondary N) is 2. The molecule has 1 rings (SSSR count). The SMILES string of the molecule is CCCC(=O)NCC(=O)NCCCOCc1ccco1. The zero-order chi connectivity index (χ0) is 14.6. The van der Waals surface area contributed by atoms with E-state index in [1.54, 1.807) is 6.26 Å². The molecule has 2 amide bonds. The Bertz CT molecular complexity index is 390. The second-order valence-corrected chi connectivity index (χ2v) is 4.36. The first-order valence-electron chi connectivity index (χ1n) is 6.86. The number of carbonyl (C=O) groups is 2. The third-order valence-electron chi connectivity index (χ3n) is 2.54. The van der Waals surface area contributed by atoms with Gasteiger partial charge >= 0.3 is 0 Å². The molecule has 6 heteroatoms. The number of amides is 2. The molecule has 0 fully saturated rings. The van der Waals surface area contributed by atoms with E-state index in [1.807, 2.05) is 19.1 Å². The molecule has 0 unspecified atom stereocenters. The van der Waals surface area contributed by atoms with E-state index < -0.39 is 0 Å². The highest BCUT2D eigenvalue weighted by Gasteiger charge is 2.03. The third-order valence-corrected chi connectivity index (χ3v) is 2.54. The molecule has 0 bridgehead atoms. The lowest BCUT2D eigenvalue weighted by atomic mass is 10.3. The van der Waals surface area contributed by atoms with Crippen LogP contribution in [-0.4, -0.2) is 31.5 Å². The molecule has 0 aliphatic carbocycles. The van der Waals surface area contributed by atoms with Crippen LogP contribution in [0.15, 0.2) is 22.8 Å². The summed E-state index contributed by atoms with van der Waals surface area (Å²) in [5, 5.41) is 5.28. The number of rotatable bonds is 10. The van der Waals surface area contributed by atoms with Gasteiger partial charge in [0.2, 0.25) is 11.8 Å². The molecule has 0 aromatic carbocycles. The van der Waals surface area contributed by atoms with Gasteiger partial charge in [0.25, 0.3) is 0 Å². The number of furan rings is 1. The topological polar surface area (TPSA) is 80.6 Å². The van der Waals surface area contributed by atoms with E-state index in [2.05, 4.69) is 10.6 Å². The molecule has 0 atom stereocenters. The quantitative estimate of drug-likeness (QED) is 0.632. The zero-order valence-electron chi connectivity index (χ0n) is 11.8. The van der Waals surface area contributed by atoms with Crippen molar-refractivity contribution < 1.29 is 18.7 Å². The molecule has 0 saturated carbocycles. The Kier molecular flexibility index (Phi) is 8.14. The summed E-state index contributed by atoms with van der Waals surface area (Å²) in [5.74, 6) is 0.512. The van der Waals surface area contributed by atoms with Gasteiger partial charge in [-0.15, -0.1) is 0 Å². The predicted octanol–water partition coefficient (Wildman–Crippen LogP) is 1.22. The summed E-state index contributed by atoms with van der Waals surface area (Å²) >= 11 is 0. The van der Waals surface area contributed by atoms with Crippen LogP contribution in [0.3, 0.4) is 0 Å². The zero-order valence-corrected chi connectivity index (χ0v) is 11.8. The molecule has 0 aliphatic rings. The summed E-state index contributed by atoms with van der Waals surface area (Å²) in [6.07, 6.45) is 3.55. The Morgan fingerprint density at radius 2 is 2.15 bits per heavy atom. The lowest BCUT2D eigenvalue weighted by Gasteiger charge is -2.06. The molecule has 112 valence electrons. The summed E-state index contributed by atoms with van der Waals surface area (Å²) in [6.45, 7) is 3.46. The van der Waals surface area contributed by atoms with E-state index in [0.29, 0.717) is 26.2 Å². The van der Waals surface area contributed by atoms with Crippen molar-refractivity contribution in [1.82, 2.24) is 10.6 Å². The fourth-order valence-electron chi connectivity index (χ4n) is 1.53. The summed E-state index contributed by atoms with van der Waals surface area (Å²) in [5.41, 5.74) is 0. The molecule has 0 saturated heterocycles.